The van der Waals surface area contributed by atoms with Crippen LogP contribution in [0, 0.1) is 0 Å². The summed E-state index contributed by atoms with van der Waals surface area (Å²) in [5.41, 5.74) is 0. The van der Waals surface area contributed by atoms with Crippen molar-refractivity contribution < 1.29 is 9.53 Å². The molecule has 1 rings (SSSR count). The molecule has 1 unspecified atom stereocenters. The van der Waals surface area contributed by atoms with Crippen LogP contribution in [0.15, 0.2) is 4.34 Å². The van der Waals surface area contributed by atoms with E-state index in [0.717, 1.165) is 22.4 Å². The van der Waals surface area contributed by atoms with Crippen molar-refractivity contribution in [3.8, 4) is 0 Å². The van der Waals surface area contributed by atoms with Crippen LogP contribution in [-0.2, 0) is 9.53 Å². The van der Waals surface area contributed by atoms with Crippen LogP contribution in [0.4, 0.5) is 5.13 Å². The highest BCUT2D eigenvalue weighted by atomic mass is 32.2. The SMILES string of the molecule is CCCOC(=O)C(C)Sc1nnc(NCC)s1. The fraction of sp³-hybridized carbons (Fsp3) is 0.700. The molecule has 7 heteroatoms. The molecule has 0 bridgehead atoms. The van der Waals surface area contributed by atoms with E-state index in [0.29, 0.717) is 6.61 Å². The van der Waals surface area contributed by atoms with E-state index in [2.05, 4.69) is 15.5 Å². The van der Waals surface area contributed by atoms with Gasteiger partial charge in [-0.05, 0) is 20.3 Å². The second-order valence-electron chi connectivity index (χ2n) is 3.33. The van der Waals surface area contributed by atoms with E-state index in [9.17, 15) is 4.79 Å². The summed E-state index contributed by atoms with van der Waals surface area (Å²) in [6, 6.07) is 0. The van der Waals surface area contributed by atoms with Crippen LogP contribution in [0.2, 0.25) is 0 Å². The molecule has 0 spiro atoms. The third-order valence-electron chi connectivity index (χ3n) is 1.79. The molecule has 0 saturated carbocycles. The summed E-state index contributed by atoms with van der Waals surface area (Å²) in [5.74, 6) is -0.197. The second kappa shape index (κ2) is 7.50. The summed E-state index contributed by atoms with van der Waals surface area (Å²) in [6.07, 6.45) is 0.840. The van der Waals surface area contributed by atoms with E-state index in [1.807, 2.05) is 20.8 Å². The number of nitrogens with zero attached hydrogens (tertiary/aromatic N) is 2. The zero-order valence-corrected chi connectivity index (χ0v) is 11.9. The maximum absolute atomic E-state index is 11.5. The minimum absolute atomic E-state index is 0.197. The van der Waals surface area contributed by atoms with Gasteiger partial charge >= 0.3 is 5.97 Å². The highest BCUT2D eigenvalue weighted by molar-refractivity contribution is 8.02. The van der Waals surface area contributed by atoms with Gasteiger partial charge in [-0.25, -0.2) is 0 Å². The maximum Gasteiger partial charge on any atom is 0.319 e. The average molecular weight is 275 g/mol. The molecule has 0 amide bonds. The van der Waals surface area contributed by atoms with Gasteiger partial charge in [0.15, 0.2) is 4.34 Å². The lowest BCUT2D eigenvalue weighted by Gasteiger charge is -2.08. The van der Waals surface area contributed by atoms with Crippen LogP contribution >= 0.6 is 23.1 Å². The van der Waals surface area contributed by atoms with Gasteiger partial charge in [0.1, 0.15) is 5.25 Å². The number of aromatic nitrogens is 2. The second-order valence-corrected chi connectivity index (χ2v) is 5.90. The van der Waals surface area contributed by atoms with Crippen LogP contribution < -0.4 is 5.32 Å². The number of esters is 1. The van der Waals surface area contributed by atoms with Gasteiger partial charge in [0.2, 0.25) is 5.13 Å². The molecule has 1 heterocycles. The molecule has 1 aromatic heterocycles. The van der Waals surface area contributed by atoms with Crippen molar-refractivity contribution in [1.29, 1.82) is 0 Å². The van der Waals surface area contributed by atoms with Crippen LogP contribution in [0.1, 0.15) is 27.2 Å². The summed E-state index contributed by atoms with van der Waals surface area (Å²) in [6.45, 7) is 7.07. The molecular formula is C10H17N3O2S2. The number of rotatable bonds is 7. The molecule has 5 nitrogen and oxygen atoms in total. The van der Waals surface area contributed by atoms with Crippen molar-refractivity contribution in [2.75, 3.05) is 18.5 Å². The monoisotopic (exact) mass is 275 g/mol. The van der Waals surface area contributed by atoms with Crippen LogP contribution in [0.5, 0.6) is 0 Å². The highest BCUT2D eigenvalue weighted by Crippen LogP contribution is 2.29. The normalized spacial score (nSPS) is 12.2. The highest BCUT2D eigenvalue weighted by Gasteiger charge is 2.18. The Balaban J connectivity index is 2.43. The van der Waals surface area contributed by atoms with Gasteiger partial charge in [0.25, 0.3) is 0 Å². The van der Waals surface area contributed by atoms with E-state index in [1.54, 1.807) is 0 Å². The summed E-state index contributed by atoms with van der Waals surface area (Å²) in [5, 5.41) is 11.6. The van der Waals surface area contributed by atoms with Gasteiger partial charge in [-0.15, -0.1) is 10.2 Å². The quantitative estimate of drug-likeness (QED) is 0.609. The van der Waals surface area contributed by atoms with Crippen LogP contribution in [-0.4, -0.2) is 34.6 Å². The molecular weight excluding hydrogens is 258 g/mol. The number of ether oxygens (including phenoxy) is 1. The number of carbonyl (C=O) groups is 1. The molecule has 0 aliphatic rings. The first kappa shape index (κ1) is 14.2. The van der Waals surface area contributed by atoms with E-state index in [1.165, 1.54) is 23.1 Å². The van der Waals surface area contributed by atoms with Crippen molar-refractivity contribution >= 4 is 34.2 Å². The molecule has 0 aliphatic carbocycles. The Kier molecular flexibility index (Phi) is 6.28. The molecule has 1 aromatic rings. The molecule has 1 N–H and O–H groups in total. The Morgan fingerprint density at radius 3 is 2.94 bits per heavy atom. The lowest BCUT2D eigenvalue weighted by atomic mass is 10.5. The molecule has 96 valence electrons. The molecule has 0 aromatic carbocycles. The van der Waals surface area contributed by atoms with E-state index < -0.39 is 0 Å². The van der Waals surface area contributed by atoms with Gasteiger partial charge in [-0.3, -0.25) is 4.79 Å². The minimum Gasteiger partial charge on any atom is -0.465 e. The fourth-order valence-electron chi connectivity index (χ4n) is 0.999. The Morgan fingerprint density at radius 2 is 2.29 bits per heavy atom. The van der Waals surface area contributed by atoms with Gasteiger partial charge in [0.05, 0.1) is 6.61 Å². The Labute approximate surface area is 109 Å². The summed E-state index contributed by atoms with van der Waals surface area (Å²) >= 11 is 2.83. The van der Waals surface area contributed by atoms with Crippen molar-refractivity contribution in [2.45, 2.75) is 36.8 Å². The first-order valence-corrected chi connectivity index (χ1v) is 7.27. The van der Waals surface area contributed by atoms with E-state index in [4.69, 9.17) is 4.74 Å². The van der Waals surface area contributed by atoms with Crippen LogP contribution in [0.25, 0.3) is 0 Å². The van der Waals surface area contributed by atoms with Gasteiger partial charge in [-0.1, -0.05) is 30.0 Å². The standard InChI is InChI=1S/C10H17N3O2S2/c1-4-6-15-8(14)7(3)16-10-13-12-9(17-10)11-5-2/h7H,4-6H2,1-3H3,(H,11,12). The fourth-order valence-corrected chi connectivity index (χ4v) is 2.96. The van der Waals surface area contributed by atoms with Crippen molar-refractivity contribution in [2.24, 2.45) is 0 Å². The zero-order chi connectivity index (χ0) is 12.7. The Bertz CT molecular complexity index is 357. The smallest absolute Gasteiger partial charge is 0.319 e. The predicted octanol–water partition coefficient (Wildman–Crippen LogP) is 2.40. The summed E-state index contributed by atoms with van der Waals surface area (Å²) in [7, 11) is 0. The lowest BCUT2D eigenvalue weighted by molar-refractivity contribution is -0.142. The summed E-state index contributed by atoms with van der Waals surface area (Å²) < 4.78 is 5.84. The first-order chi connectivity index (χ1) is 8.17. The predicted molar refractivity (Wildman–Crippen MR) is 70.6 cm³/mol. The molecule has 0 fully saturated rings. The molecule has 0 saturated heterocycles. The number of hydrogen-bond acceptors (Lipinski definition) is 7. The van der Waals surface area contributed by atoms with Crippen molar-refractivity contribution in [3.05, 3.63) is 0 Å². The third kappa shape index (κ3) is 4.91. The number of carbonyl (C=O) groups excluding carboxylic acids is 1. The van der Waals surface area contributed by atoms with E-state index >= 15 is 0 Å². The number of thioether (sulfide) groups is 1. The van der Waals surface area contributed by atoms with Gasteiger partial charge in [-0.2, -0.15) is 0 Å². The maximum atomic E-state index is 11.5. The topological polar surface area (TPSA) is 64.1 Å². The minimum atomic E-state index is -0.246. The lowest BCUT2D eigenvalue weighted by Crippen LogP contribution is -2.17. The molecule has 0 aliphatic heterocycles. The third-order valence-corrected chi connectivity index (χ3v) is 3.84. The molecule has 0 radical (unpaired) electrons. The first-order valence-electron chi connectivity index (χ1n) is 5.58. The number of hydrogen-bond donors (Lipinski definition) is 1. The van der Waals surface area contributed by atoms with E-state index in [-0.39, 0.29) is 11.2 Å². The molecule has 1 atom stereocenters. The largest absolute Gasteiger partial charge is 0.465 e. The van der Waals surface area contributed by atoms with Crippen LogP contribution in [0.3, 0.4) is 0 Å². The Morgan fingerprint density at radius 1 is 1.53 bits per heavy atom. The van der Waals surface area contributed by atoms with Crippen molar-refractivity contribution in [3.63, 3.8) is 0 Å². The summed E-state index contributed by atoms with van der Waals surface area (Å²) in [4.78, 5) is 11.5. The molecule has 17 heavy (non-hydrogen) atoms. The average Bonchev–Trinajstić information content (AvgIpc) is 2.74. The number of nitrogens with one attached hydrogen (secondary N) is 1. The number of anilines is 1. The Hall–Kier alpha value is -0.820. The zero-order valence-electron chi connectivity index (χ0n) is 10.2. The van der Waals surface area contributed by atoms with Crippen molar-refractivity contribution in [1.82, 2.24) is 10.2 Å². The van der Waals surface area contributed by atoms with Gasteiger partial charge in [0, 0.05) is 6.54 Å². The van der Waals surface area contributed by atoms with Gasteiger partial charge < -0.3 is 10.1 Å².